The van der Waals surface area contributed by atoms with Crippen molar-refractivity contribution in [2.45, 2.75) is 41.7 Å². The number of aromatic nitrogens is 4. The Bertz CT molecular complexity index is 1380. The van der Waals surface area contributed by atoms with Crippen molar-refractivity contribution in [1.82, 2.24) is 29.6 Å². The average Bonchev–Trinajstić information content (AvgIpc) is 3.43. The lowest BCUT2D eigenvalue weighted by Crippen LogP contribution is -2.46. The van der Waals surface area contributed by atoms with Crippen molar-refractivity contribution in [3.63, 3.8) is 0 Å². The van der Waals surface area contributed by atoms with Gasteiger partial charge in [0.15, 0.2) is 0 Å². The summed E-state index contributed by atoms with van der Waals surface area (Å²) in [7, 11) is 2.07. The minimum atomic E-state index is -4.51. The van der Waals surface area contributed by atoms with Crippen molar-refractivity contribution in [2.75, 3.05) is 45.2 Å². The second kappa shape index (κ2) is 10.5. The lowest BCUT2D eigenvalue weighted by Gasteiger charge is -2.39. The summed E-state index contributed by atoms with van der Waals surface area (Å²) in [5.41, 5.74) is -4.03. The van der Waals surface area contributed by atoms with Gasteiger partial charge in [-0.15, -0.1) is 0 Å². The number of alkyl halides is 3. The number of piperidine rings is 1. The summed E-state index contributed by atoms with van der Waals surface area (Å²) in [6.07, 6.45) is 4.88. The topological polar surface area (TPSA) is 88.7 Å². The third-order valence-corrected chi connectivity index (χ3v) is 7.59. The number of amides is 1. The van der Waals surface area contributed by atoms with Crippen LogP contribution in [0.4, 0.5) is 19.0 Å². The van der Waals surface area contributed by atoms with E-state index in [1.54, 1.807) is 29.1 Å². The van der Waals surface area contributed by atoms with Crippen LogP contribution >= 0.6 is 11.8 Å². The molecule has 2 fully saturated rings. The van der Waals surface area contributed by atoms with Crippen LogP contribution < -0.4 is 10.6 Å². The van der Waals surface area contributed by atoms with Crippen LogP contribution in [0.5, 0.6) is 0 Å². The van der Waals surface area contributed by atoms with Gasteiger partial charge in [-0.05, 0) is 56.6 Å². The number of thioether (sulfide) groups is 1. The normalized spacial score (nSPS) is 18.0. The molecule has 0 aromatic carbocycles. The molecule has 0 spiro atoms. The smallest absolute Gasteiger partial charge is 0.377 e. The SMILES string of the molecule is CN1CCC(C)(Nc2cccc3c(SC(F)(F)F)c(C#CCNC(=O)c4cnn(C5COC5)c4)nn23)CC1. The number of likely N-dealkylation sites (tertiary alicyclic amines) is 1. The zero-order chi connectivity index (χ0) is 26.9. The van der Waals surface area contributed by atoms with E-state index in [0.29, 0.717) is 30.1 Å². The highest BCUT2D eigenvalue weighted by molar-refractivity contribution is 8.00. The fourth-order valence-electron chi connectivity index (χ4n) is 4.37. The lowest BCUT2D eigenvalue weighted by atomic mass is 9.90. The highest BCUT2D eigenvalue weighted by Gasteiger charge is 2.34. The summed E-state index contributed by atoms with van der Waals surface area (Å²) in [5, 5.41) is 14.8. The quantitative estimate of drug-likeness (QED) is 0.361. The van der Waals surface area contributed by atoms with Crippen LogP contribution in [0.25, 0.3) is 5.52 Å². The Hall–Kier alpha value is -3.21. The van der Waals surface area contributed by atoms with E-state index >= 15 is 0 Å². The third-order valence-electron chi connectivity index (χ3n) is 6.75. The molecule has 0 atom stereocenters. The van der Waals surface area contributed by atoms with Gasteiger partial charge in [0.05, 0.1) is 48.0 Å². The maximum absolute atomic E-state index is 13.5. The van der Waals surface area contributed by atoms with Gasteiger partial charge in [-0.2, -0.15) is 23.4 Å². The molecule has 3 aromatic rings. The Labute approximate surface area is 222 Å². The van der Waals surface area contributed by atoms with Crippen LogP contribution in [-0.2, 0) is 4.74 Å². The molecule has 2 aliphatic heterocycles. The molecule has 1 amide bonds. The maximum atomic E-state index is 13.5. The third kappa shape index (κ3) is 5.92. The van der Waals surface area contributed by atoms with Crippen LogP contribution in [0.3, 0.4) is 0 Å². The van der Waals surface area contributed by atoms with E-state index in [0.717, 1.165) is 25.9 Å². The Morgan fingerprint density at radius 2 is 2.05 bits per heavy atom. The largest absolute Gasteiger partial charge is 0.446 e. The summed E-state index contributed by atoms with van der Waals surface area (Å²) in [5.74, 6) is 5.71. The molecule has 38 heavy (non-hydrogen) atoms. The molecule has 0 unspecified atom stereocenters. The first kappa shape index (κ1) is 26.4. The Morgan fingerprint density at radius 1 is 1.29 bits per heavy atom. The lowest BCUT2D eigenvalue weighted by molar-refractivity contribution is -0.0328. The van der Waals surface area contributed by atoms with Gasteiger partial charge < -0.3 is 20.3 Å². The number of fused-ring (bicyclic) bond motifs is 1. The number of halogens is 3. The number of pyridine rings is 1. The Kier molecular flexibility index (Phi) is 7.30. The number of nitrogens with zero attached hydrogens (tertiary/aromatic N) is 5. The van der Waals surface area contributed by atoms with Crippen molar-refractivity contribution in [1.29, 1.82) is 0 Å². The summed E-state index contributed by atoms with van der Waals surface area (Å²) in [4.78, 5) is 14.6. The minimum Gasteiger partial charge on any atom is -0.377 e. The molecule has 5 heterocycles. The average molecular weight is 548 g/mol. The minimum absolute atomic E-state index is 0.00200. The van der Waals surface area contributed by atoms with Crippen LogP contribution in [0.2, 0.25) is 0 Å². The molecular formula is C25H28F3N7O2S. The number of nitrogens with one attached hydrogen (secondary N) is 2. The number of ether oxygens (including phenoxy) is 1. The number of carbonyl (C=O) groups is 1. The van der Waals surface area contributed by atoms with Crippen molar-refractivity contribution in [3.05, 3.63) is 41.9 Å². The van der Waals surface area contributed by atoms with E-state index in [1.165, 1.54) is 10.7 Å². The zero-order valence-corrected chi connectivity index (χ0v) is 21.8. The molecule has 2 N–H and O–H groups in total. The number of rotatable bonds is 6. The van der Waals surface area contributed by atoms with Gasteiger partial charge in [0, 0.05) is 24.8 Å². The van der Waals surface area contributed by atoms with Gasteiger partial charge in [0.25, 0.3) is 5.91 Å². The highest BCUT2D eigenvalue weighted by atomic mass is 32.2. The molecule has 2 saturated heterocycles. The molecule has 0 bridgehead atoms. The van der Waals surface area contributed by atoms with Gasteiger partial charge >= 0.3 is 5.51 Å². The molecule has 0 saturated carbocycles. The van der Waals surface area contributed by atoms with Crippen LogP contribution in [0.1, 0.15) is 41.9 Å². The molecule has 9 nitrogen and oxygen atoms in total. The van der Waals surface area contributed by atoms with Gasteiger partial charge in [-0.3, -0.25) is 9.48 Å². The molecule has 0 radical (unpaired) electrons. The first-order chi connectivity index (χ1) is 18.1. The predicted octanol–water partition coefficient (Wildman–Crippen LogP) is 3.39. The standard InChI is InChI=1S/C25H28F3N7O2S/c1-24(8-11-33(2)12-9-24)31-21-7-3-6-20-22(38-25(26,27)28)19(32-35(20)21)5-4-10-29-23(36)17-13-30-34(14-17)18-15-37-16-18/h3,6-7,13-14,18,31H,8-12,15-16H2,1-2H3,(H,29,36). The Morgan fingerprint density at radius 3 is 2.74 bits per heavy atom. The number of carbonyl (C=O) groups excluding carboxylic acids is 1. The zero-order valence-electron chi connectivity index (χ0n) is 21.0. The Balaban J connectivity index is 1.35. The van der Waals surface area contributed by atoms with Crippen molar-refractivity contribution >= 4 is 29.0 Å². The molecule has 2 aliphatic rings. The van der Waals surface area contributed by atoms with Crippen LogP contribution in [0, 0.1) is 11.8 Å². The first-order valence-electron chi connectivity index (χ1n) is 12.2. The number of hydrogen-bond acceptors (Lipinski definition) is 7. The molecular weight excluding hydrogens is 519 g/mol. The van der Waals surface area contributed by atoms with E-state index in [-0.39, 0.29) is 46.4 Å². The predicted molar refractivity (Wildman–Crippen MR) is 137 cm³/mol. The fourth-order valence-corrected chi connectivity index (χ4v) is 5.05. The van der Waals surface area contributed by atoms with E-state index in [1.807, 2.05) is 0 Å². The first-order valence-corrected chi connectivity index (χ1v) is 13.1. The van der Waals surface area contributed by atoms with Gasteiger partial charge in [0.1, 0.15) is 11.5 Å². The van der Waals surface area contributed by atoms with E-state index in [9.17, 15) is 18.0 Å². The van der Waals surface area contributed by atoms with Crippen molar-refractivity contribution < 1.29 is 22.7 Å². The molecule has 3 aromatic heterocycles. The summed E-state index contributed by atoms with van der Waals surface area (Å²) >= 11 is -0.237. The van der Waals surface area contributed by atoms with E-state index in [4.69, 9.17) is 4.74 Å². The van der Waals surface area contributed by atoms with Crippen LogP contribution in [-0.4, -0.2) is 81.1 Å². The van der Waals surface area contributed by atoms with Crippen molar-refractivity contribution in [3.8, 4) is 11.8 Å². The molecule has 5 rings (SSSR count). The van der Waals surface area contributed by atoms with E-state index in [2.05, 4.69) is 51.5 Å². The molecule has 13 heteroatoms. The van der Waals surface area contributed by atoms with E-state index < -0.39 is 5.51 Å². The second-order valence-electron chi connectivity index (χ2n) is 9.81. The van der Waals surface area contributed by atoms with Gasteiger partial charge in [-0.25, -0.2) is 4.52 Å². The number of hydrogen-bond donors (Lipinski definition) is 2. The number of anilines is 1. The summed E-state index contributed by atoms with van der Waals surface area (Å²) in [6, 6.07) is 5.24. The van der Waals surface area contributed by atoms with Crippen LogP contribution in [0.15, 0.2) is 35.5 Å². The summed E-state index contributed by atoms with van der Waals surface area (Å²) in [6.45, 7) is 5.01. The second-order valence-corrected chi connectivity index (χ2v) is 10.9. The van der Waals surface area contributed by atoms with Gasteiger partial charge in [-0.1, -0.05) is 12.0 Å². The highest BCUT2D eigenvalue weighted by Crippen LogP contribution is 2.41. The van der Waals surface area contributed by atoms with Crippen molar-refractivity contribution in [2.24, 2.45) is 0 Å². The monoisotopic (exact) mass is 547 g/mol. The fraction of sp³-hybridized carbons (Fsp3) is 0.480. The van der Waals surface area contributed by atoms with Gasteiger partial charge in [0.2, 0.25) is 0 Å². The molecule has 202 valence electrons. The molecule has 0 aliphatic carbocycles. The maximum Gasteiger partial charge on any atom is 0.446 e. The summed E-state index contributed by atoms with van der Waals surface area (Å²) < 4.78 is 48.7.